The van der Waals surface area contributed by atoms with E-state index in [9.17, 15) is 4.79 Å². The van der Waals surface area contributed by atoms with E-state index >= 15 is 0 Å². The van der Waals surface area contributed by atoms with Gasteiger partial charge in [-0.3, -0.25) is 0 Å². The van der Waals surface area contributed by atoms with Gasteiger partial charge in [-0.15, -0.1) is 0 Å². The van der Waals surface area contributed by atoms with Gasteiger partial charge in [-0.2, -0.15) is 0 Å². The van der Waals surface area contributed by atoms with Crippen molar-refractivity contribution in [2.24, 2.45) is 0 Å². The standard InChI is InChI=1S/C28H25NO4/c30-28(29-15-6-5-8-20-13-14-26-27(18-20)32-17-7-16-31-26)33-19-25-23-11-3-1-9-21(23)22-10-2-4-12-24(22)25/h1-4,9-14,18,25H,6-7,15-17,19H2,(H,29,30). The summed E-state index contributed by atoms with van der Waals surface area (Å²) in [6, 6.07) is 22.3. The van der Waals surface area contributed by atoms with Crippen LogP contribution in [0.4, 0.5) is 4.79 Å². The molecule has 0 saturated heterocycles. The fourth-order valence-electron chi connectivity index (χ4n) is 4.28. The first-order valence-corrected chi connectivity index (χ1v) is 11.3. The Morgan fingerprint density at radius 2 is 1.64 bits per heavy atom. The minimum Gasteiger partial charge on any atom is -0.490 e. The summed E-state index contributed by atoms with van der Waals surface area (Å²) in [5.41, 5.74) is 5.69. The Labute approximate surface area is 193 Å². The van der Waals surface area contributed by atoms with E-state index in [1.807, 2.05) is 42.5 Å². The molecule has 1 aliphatic heterocycles. The van der Waals surface area contributed by atoms with Crippen molar-refractivity contribution in [1.29, 1.82) is 0 Å². The maximum absolute atomic E-state index is 12.2. The van der Waals surface area contributed by atoms with Crippen LogP contribution in [0.1, 0.15) is 35.4 Å². The summed E-state index contributed by atoms with van der Waals surface area (Å²) in [7, 11) is 0. The molecule has 5 nitrogen and oxygen atoms in total. The summed E-state index contributed by atoms with van der Waals surface area (Å²) in [6.07, 6.45) is 0.977. The number of carbonyl (C=O) groups excluding carboxylic acids is 1. The SMILES string of the molecule is O=C(NCCC#Cc1ccc2c(c1)OCCCO2)OCC1c2ccccc2-c2ccccc21. The highest BCUT2D eigenvalue weighted by Crippen LogP contribution is 2.44. The highest BCUT2D eigenvalue weighted by Gasteiger charge is 2.28. The summed E-state index contributed by atoms with van der Waals surface area (Å²) < 4.78 is 16.9. The van der Waals surface area contributed by atoms with Crippen LogP contribution in [0.2, 0.25) is 0 Å². The summed E-state index contributed by atoms with van der Waals surface area (Å²) >= 11 is 0. The summed E-state index contributed by atoms with van der Waals surface area (Å²) in [4.78, 5) is 12.2. The van der Waals surface area contributed by atoms with Crippen LogP contribution in [0.5, 0.6) is 11.5 Å². The van der Waals surface area contributed by atoms with Crippen LogP contribution in [0, 0.1) is 11.8 Å². The van der Waals surface area contributed by atoms with Crippen LogP contribution < -0.4 is 14.8 Å². The molecule has 0 saturated carbocycles. The topological polar surface area (TPSA) is 56.8 Å². The number of hydrogen-bond donors (Lipinski definition) is 1. The molecule has 0 atom stereocenters. The van der Waals surface area contributed by atoms with Gasteiger partial charge in [-0.25, -0.2) is 4.79 Å². The van der Waals surface area contributed by atoms with Crippen molar-refractivity contribution in [2.45, 2.75) is 18.8 Å². The first-order chi connectivity index (χ1) is 16.3. The van der Waals surface area contributed by atoms with E-state index in [1.54, 1.807) is 0 Å². The van der Waals surface area contributed by atoms with Crippen molar-refractivity contribution in [3.8, 4) is 34.5 Å². The van der Waals surface area contributed by atoms with Crippen molar-refractivity contribution < 1.29 is 19.0 Å². The second-order valence-corrected chi connectivity index (χ2v) is 8.02. The van der Waals surface area contributed by atoms with Crippen LogP contribution in [0.15, 0.2) is 66.7 Å². The highest BCUT2D eigenvalue weighted by atomic mass is 16.5. The number of nitrogens with one attached hydrogen (secondary N) is 1. The highest BCUT2D eigenvalue weighted by molar-refractivity contribution is 5.79. The molecule has 5 rings (SSSR count). The lowest BCUT2D eigenvalue weighted by atomic mass is 9.98. The van der Waals surface area contributed by atoms with E-state index in [-0.39, 0.29) is 5.92 Å². The van der Waals surface area contributed by atoms with Crippen LogP contribution in [-0.4, -0.2) is 32.5 Å². The third kappa shape index (κ3) is 4.65. The zero-order valence-electron chi connectivity index (χ0n) is 18.3. The molecule has 1 aliphatic carbocycles. The van der Waals surface area contributed by atoms with E-state index < -0.39 is 6.09 Å². The van der Waals surface area contributed by atoms with Gasteiger partial charge >= 0.3 is 6.09 Å². The molecule has 0 spiro atoms. The van der Waals surface area contributed by atoms with E-state index in [2.05, 4.69) is 41.4 Å². The summed E-state index contributed by atoms with van der Waals surface area (Å²) in [5, 5.41) is 2.79. The quantitative estimate of drug-likeness (QED) is 0.452. The van der Waals surface area contributed by atoms with Crippen LogP contribution in [0.3, 0.4) is 0 Å². The van der Waals surface area contributed by atoms with E-state index in [0.29, 0.717) is 32.8 Å². The lowest BCUT2D eigenvalue weighted by Crippen LogP contribution is -2.26. The molecule has 3 aromatic carbocycles. The van der Waals surface area contributed by atoms with Gasteiger partial charge in [0.2, 0.25) is 0 Å². The number of carbonyl (C=O) groups is 1. The Hall–Kier alpha value is -3.91. The predicted octanol–water partition coefficient (Wildman–Crippen LogP) is 5.13. The smallest absolute Gasteiger partial charge is 0.407 e. The molecular weight excluding hydrogens is 414 g/mol. The molecule has 5 heteroatoms. The molecule has 0 fully saturated rings. The molecular formula is C28H25NO4. The zero-order chi connectivity index (χ0) is 22.5. The van der Waals surface area contributed by atoms with Gasteiger partial charge in [-0.05, 0) is 40.5 Å². The minimum atomic E-state index is -0.422. The normalized spacial score (nSPS) is 13.7. The first-order valence-electron chi connectivity index (χ1n) is 11.3. The van der Waals surface area contributed by atoms with Crippen molar-refractivity contribution in [2.75, 3.05) is 26.4 Å². The maximum atomic E-state index is 12.2. The fraction of sp³-hybridized carbons (Fsp3) is 0.250. The molecule has 0 bridgehead atoms. The predicted molar refractivity (Wildman–Crippen MR) is 127 cm³/mol. The van der Waals surface area contributed by atoms with Crippen molar-refractivity contribution in [3.05, 3.63) is 83.4 Å². The number of fused-ring (bicyclic) bond motifs is 4. The van der Waals surface area contributed by atoms with Crippen molar-refractivity contribution >= 4 is 6.09 Å². The minimum absolute atomic E-state index is 0.0577. The van der Waals surface area contributed by atoms with Gasteiger partial charge in [0.25, 0.3) is 0 Å². The van der Waals surface area contributed by atoms with Gasteiger partial charge in [-0.1, -0.05) is 60.4 Å². The second kappa shape index (κ2) is 9.70. The summed E-state index contributed by atoms with van der Waals surface area (Å²) in [5.74, 6) is 7.75. The Bertz CT molecular complexity index is 1180. The molecule has 0 unspecified atom stereocenters. The van der Waals surface area contributed by atoms with Gasteiger partial charge in [0, 0.05) is 30.9 Å². The second-order valence-electron chi connectivity index (χ2n) is 8.02. The Balaban J connectivity index is 1.11. The third-order valence-electron chi connectivity index (χ3n) is 5.84. The molecule has 0 radical (unpaired) electrons. The van der Waals surface area contributed by atoms with Crippen LogP contribution >= 0.6 is 0 Å². The number of rotatable bonds is 4. The van der Waals surface area contributed by atoms with E-state index in [4.69, 9.17) is 14.2 Å². The zero-order valence-corrected chi connectivity index (χ0v) is 18.3. The molecule has 33 heavy (non-hydrogen) atoms. The van der Waals surface area contributed by atoms with E-state index in [1.165, 1.54) is 22.3 Å². The van der Waals surface area contributed by atoms with Gasteiger partial charge < -0.3 is 19.5 Å². The molecule has 3 aromatic rings. The van der Waals surface area contributed by atoms with Gasteiger partial charge in [0.15, 0.2) is 11.5 Å². The molecule has 1 heterocycles. The van der Waals surface area contributed by atoms with Gasteiger partial charge in [0.05, 0.1) is 13.2 Å². The Morgan fingerprint density at radius 1 is 0.939 bits per heavy atom. The van der Waals surface area contributed by atoms with Crippen LogP contribution in [0.25, 0.3) is 11.1 Å². The van der Waals surface area contributed by atoms with Crippen LogP contribution in [-0.2, 0) is 4.74 Å². The molecule has 1 amide bonds. The van der Waals surface area contributed by atoms with Gasteiger partial charge in [0.1, 0.15) is 6.61 Å². The number of benzene rings is 3. The Kier molecular flexibility index (Phi) is 6.16. The molecule has 2 aliphatic rings. The number of ether oxygens (including phenoxy) is 3. The molecule has 0 aromatic heterocycles. The number of hydrogen-bond acceptors (Lipinski definition) is 4. The lowest BCUT2D eigenvalue weighted by Gasteiger charge is -2.14. The maximum Gasteiger partial charge on any atom is 0.407 e. The summed E-state index contributed by atoms with van der Waals surface area (Å²) in [6.45, 7) is 2.05. The Morgan fingerprint density at radius 3 is 2.39 bits per heavy atom. The van der Waals surface area contributed by atoms with E-state index in [0.717, 1.165) is 23.5 Å². The molecule has 166 valence electrons. The monoisotopic (exact) mass is 439 g/mol. The fourth-order valence-corrected chi connectivity index (χ4v) is 4.28. The average Bonchev–Trinajstić information content (AvgIpc) is 2.98. The first kappa shape index (κ1) is 21.0. The van der Waals surface area contributed by atoms with Crippen molar-refractivity contribution in [1.82, 2.24) is 5.32 Å². The third-order valence-corrected chi connectivity index (χ3v) is 5.84. The average molecular weight is 440 g/mol. The number of alkyl carbamates (subject to hydrolysis) is 1. The van der Waals surface area contributed by atoms with Crippen molar-refractivity contribution in [3.63, 3.8) is 0 Å². The molecule has 1 N–H and O–H groups in total. The largest absolute Gasteiger partial charge is 0.490 e. The lowest BCUT2D eigenvalue weighted by molar-refractivity contribution is 0.143. The number of amides is 1.